The predicted octanol–water partition coefficient (Wildman–Crippen LogP) is 4.42. The zero-order valence-electron chi connectivity index (χ0n) is 18.1. The summed E-state index contributed by atoms with van der Waals surface area (Å²) in [5.74, 6) is -0.722. The van der Waals surface area contributed by atoms with Gasteiger partial charge in [0.25, 0.3) is 5.91 Å². The first kappa shape index (κ1) is 22.3. The second kappa shape index (κ2) is 9.64. The fourth-order valence-corrected chi connectivity index (χ4v) is 3.62. The lowest BCUT2D eigenvalue weighted by atomic mass is 10.1. The molecular weight excluding hydrogens is 402 g/mol. The van der Waals surface area contributed by atoms with Gasteiger partial charge in [0, 0.05) is 18.8 Å². The second-order valence-corrected chi connectivity index (χ2v) is 7.35. The third-order valence-corrected chi connectivity index (χ3v) is 5.18. The van der Waals surface area contributed by atoms with E-state index in [2.05, 4.69) is 5.32 Å². The van der Waals surface area contributed by atoms with Gasteiger partial charge < -0.3 is 19.4 Å². The number of nitrogens with zero attached hydrogens (tertiary/aromatic N) is 1. The number of hydrogen-bond donors (Lipinski definition) is 1. The molecule has 0 unspecified atom stereocenters. The minimum absolute atomic E-state index is 0.214. The van der Waals surface area contributed by atoms with Crippen LogP contribution in [-0.4, -0.2) is 31.2 Å². The van der Waals surface area contributed by atoms with Gasteiger partial charge in [-0.25, -0.2) is 8.78 Å². The highest BCUT2D eigenvalue weighted by atomic mass is 19.2. The summed E-state index contributed by atoms with van der Waals surface area (Å²) < 4.78 is 39.2. The number of benzene rings is 2. The third-order valence-electron chi connectivity index (χ3n) is 5.18. The summed E-state index contributed by atoms with van der Waals surface area (Å²) in [6.45, 7) is 4.45. The molecule has 0 aliphatic rings. The van der Waals surface area contributed by atoms with E-state index in [1.165, 1.54) is 6.07 Å². The van der Waals surface area contributed by atoms with Crippen molar-refractivity contribution >= 4 is 5.91 Å². The maximum Gasteiger partial charge on any atom is 0.268 e. The van der Waals surface area contributed by atoms with Crippen LogP contribution in [0.15, 0.2) is 42.5 Å². The van der Waals surface area contributed by atoms with Gasteiger partial charge >= 0.3 is 0 Å². The molecule has 0 bridgehead atoms. The van der Waals surface area contributed by atoms with Crippen molar-refractivity contribution < 1.29 is 23.0 Å². The number of rotatable bonds is 8. The van der Waals surface area contributed by atoms with Crippen LogP contribution in [0.2, 0.25) is 0 Å². The Hall–Kier alpha value is -3.35. The Morgan fingerprint density at radius 1 is 0.935 bits per heavy atom. The van der Waals surface area contributed by atoms with Gasteiger partial charge in [0.2, 0.25) is 0 Å². The molecule has 2 aromatic carbocycles. The van der Waals surface area contributed by atoms with Gasteiger partial charge in [0.05, 0.1) is 14.2 Å². The maximum absolute atomic E-state index is 13.6. The molecule has 0 atom stereocenters. The maximum atomic E-state index is 13.6. The Bertz CT molecular complexity index is 1090. The summed E-state index contributed by atoms with van der Waals surface area (Å²) in [6.07, 6.45) is 0.619. The molecule has 1 amide bonds. The molecule has 3 rings (SSSR count). The van der Waals surface area contributed by atoms with E-state index < -0.39 is 11.6 Å². The Morgan fingerprint density at radius 3 is 2.32 bits per heavy atom. The van der Waals surface area contributed by atoms with Gasteiger partial charge in [-0.05, 0) is 67.3 Å². The molecule has 0 aliphatic heterocycles. The van der Waals surface area contributed by atoms with E-state index in [1.54, 1.807) is 14.2 Å². The van der Waals surface area contributed by atoms with Gasteiger partial charge in [0.1, 0.15) is 5.69 Å². The number of methoxy groups -OCH3 is 2. The molecule has 0 radical (unpaired) electrons. The van der Waals surface area contributed by atoms with Crippen LogP contribution in [0, 0.1) is 25.5 Å². The fraction of sp³-hybridized carbons (Fsp3) is 0.292. The van der Waals surface area contributed by atoms with Crippen LogP contribution in [0.1, 0.15) is 32.9 Å². The lowest BCUT2D eigenvalue weighted by molar-refractivity contribution is 0.0944. The first-order valence-electron chi connectivity index (χ1n) is 9.93. The van der Waals surface area contributed by atoms with E-state index in [4.69, 9.17) is 9.47 Å². The first-order chi connectivity index (χ1) is 14.8. The van der Waals surface area contributed by atoms with Crippen LogP contribution in [-0.2, 0) is 13.0 Å². The molecule has 1 heterocycles. The number of halogens is 2. The minimum Gasteiger partial charge on any atom is -0.493 e. The predicted molar refractivity (Wildman–Crippen MR) is 115 cm³/mol. The van der Waals surface area contributed by atoms with E-state index in [-0.39, 0.29) is 12.5 Å². The Morgan fingerprint density at radius 2 is 1.65 bits per heavy atom. The molecule has 0 fully saturated rings. The molecule has 0 aliphatic carbocycles. The van der Waals surface area contributed by atoms with Crippen molar-refractivity contribution in [1.29, 1.82) is 0 Å². The average Bonchev–Trinajstić information content (AvgIpc) is 3.03. The van der Waals surface area contributed by atoms with Crippen LogP contribution < -0.4 is 14.8 Å². The zero-order valence-corrected chi connectivity index (χ0v) is 18.1. The molecular formula is C24H26F2N2O3. The van der Waals surface area contributed by atoms with E-state index in [0.29, 0.717) is 35.7 Å². The Balaban J connectivity index is 1.71. The quantitative estimate of drug-likeness (QED) is 0.578. The fourth-order valence-electron chi connectivity index (χ4n) is 3.62. The monoisotopic (exact) mass is 428 g/mol. The molecule has 0 saturated heterocycles. The average molecular weight is 428 g/mol. The number of nitrogens with one attached hydrogen (secondary N) is 1. The van der Waals surface area contributed by atoms with Crippen LogP contribution in [0.4, 0.5) is 8.78 Å². The number of amides is 1. The van der Waals surface area contributed by atoms with E-state index in [0.717, 1.165) is 29.0 Å². The Labute approximate surface area is 180 Å². The molecule has 31 heavy (non-hydrogen) atoms. The lowest BCUT2D eigenvalue weighted by Crippen LogP contribution is -2.29. The molecule has 1 aromatic heterocycles. The van der Waals surface area contributed by atoms with E-state index >= 15 is 0 Å². The summed E-state index contributed by atoms with van der Waals surface area (Å²) in [5, 5.41) is 2.95. The molecule has 3 aromatic rings. The molecule has 0 saturated carbocycles. The van der Waals surface area contributed by atoms with Crippen molar-refractivity contribution in [3.05, 3.63) is 82.2 Å². The third kappa shape index (κ3) is 5.05. The topological polar surface area (TPSA) is 52.5 Å². The summed E-state index contributed by atoms with van der Waals surface area (Å²) >= 11 is 0. The highest BCUT2D eigenvalue weighted by Crippen LogP contribution is 2.27. The van der Waals surface area contributed by atoms with Crippen LogP contribution in [0.25, 0.3) is 0 Å². The van der Waals surface area contributed by atoms with Gasteiger partial charge in [-0.15, -0.1) is 0 Å². The SMILES string of the molecule is COc1ccc(CCNC(=O)c2c(C)cc(C)n2Cc2ccc(F)c(F)c2)cc1OC. The number of hydrogen-bond acceptors (Lipinski definition) is 3. The van der Waals surface area contributed by atoms with Crippen LogP contribution in [0.3, 0.4) is 0 Å². The molecule has 7 heteroatoms. The normalized spacial score (nSPS) is 10.8. The van der Waals surface area contributed by atoms with Crippen LogP contribution in [0.5, 0.6) is 11.5 Å². The van der Waals surface area contributed by atoms with Crippen molar-refractivity contribution in [3.8, 4) is 11.5 Å². The summed E-state index contributed by atoms with van der Waals surface area (Å²) in [5.41, 5.74) is 3.78. The van der Waals surface area contributed by atoms with Gasteiger partial charge in [-0.3, -0.25) is 4.79 Å². The van der Waals surface area contributed by atoms with Gasteiger partial charge in [-0.2, -0.15) is 0 Å². The first-order valence-corrected chi connectivity index (χ1v) is 9.93. The van der Waals surface area contributed by atoms with Crippen molar-refractivity contribution in [3.63, 3.8) is 0 Å². The summed E-state index contributed by atoms with van der Waals surface area (Å²) in [4.78, 5) is 12.9. The van der Waals surface area contributed by atoms with Crippen molar-refractivity contribution in [2.75, 3.05) is 20.8 Å². The number of carbonyl (C=O) groups is 1. The van der Waals surface area contributed by atoms with Crippen LogP contribution >= 0.6 is 0 Å². The highest BCUT2D eigenvalue weighted by molar-refractivity contribution is 5.94. The van der Waals surface area contributed by atoms with Crippen molar-refractivity contribution in [2.45, 2.75) is 26.8 Å². The van der Waals surface area contributed by atoms with E-state index in [9.17, 15) is 13.6 Å². The lowest BCUT2D eigenvalue weighted by Gasteiger charge is -2.14. The largest absolute Gasteiger partial charge is 0.493 e. The standard InChI is InChI=1S/C24H26F2N2O3/c1-15-11-16(2)28(14-18-5-7-19(25)20(26)12-18)23(15)24(29)27-10-9-17-6-8-21(30-3)22(13-17)31-4/h5-8,11-13H,9-10,14H2,1-4H3,(H,27,29). The van der Waals surface area contributed by atoms with Crippen molar-refractivity contribution in [1.82, 2.24) is 9.88 Å². The highest BCUT2D eigenvalue weighted by Gasteiger charge is 2.18. The number of aromatic nitrogens is 1. The second-order valence-electron chi connectivity index (χ2n) is 7.35. The van der Waals surface area contributed by atoms with Crippen molar-refractivity contribution in [2.24, 2.45) is 0 Å². The zero-order chi connectivity index (χ0) is 22.5. The molecule has 1 N–H and O–H groups in total. The molecule has 5 nitrogen and oxygen atoms in total. The molecule has 0 spiro atoms. The molecule has 164 valence electrons. The van der Waals surface area contributed by atoms with Gasteiger partial charge in [0.15, 0.2) is 23.1 Å². The number of carbonyl (C=O) groups excluding carboxylic acids is 1. The number of aryl methyl sites for hydroxylation is 2. The summed E-state index contributed by atoms with van der Waals surface area (Å²) in [7, 11) is 3.16. The Kier molecular flexibility index (Phi) is 6.95. The summed E-state index contributed by atoms with van der Waals surface area (Å²) in [6, 6.07) is 11.3. The minimum atomic E-state index is -0.903. The van der Waals surface area contributed by atoms with Gasteiger partial charge in [-0.1, -0.05) is 12.1 Å². The number of ether oxygens (including phenoxy) is 2. The van der Waals surface area contributed by atoms with E-state index in [1.807, 2.05) is 42.7 Å². The smallest absolute Gasteiger partial charge is 0.268 e.